The first-order valence-electron chi connectivity index (χ1n) is 7.10. The third-order valence-electron chi connectivity index (χ3n) is 4.31. The Hall–Kier alpha value is -1.32. The van der Waals surface area contributed by atoms with Gasteiger partial charge in [-0.15, -0.1) is 0 Å². The fraction of sp³-hybridized carbons (Fsp3) is 0.857. The van der Waals surface area contributed by atoms with Gasteiger partial charge in [0.15, 0.2) is 5.54 Å². The molecule has 20 heavy (non-hydrogen) atoms. The molecule has 0 aliphatic carbocycles. The van der Waals surface area contributed by atoms with Gasteiger partial charge in [-0.2, -0.15) is 5.26 Å². The van der Waals surface area contributed by atoms with Crippen molar-refractivity contribution < 1.29 is 14.3 Å². The molecule has 0 radical (unpaired) electrons. The molecule has 2 bridgehead atoms. The van der Waals surface area contributed by atoms with E-state index >= 15 is 0 Å². The van der Waals surface area contributed by atoms with E-state index in [0.29, 0.717) is 19.8 Å². The predicted octanol–water partition coefficient (Wildman–Crippen LogP) is 0.973. The van der Waals surface area contributed by atoms with Crippen LogP contribution < -0.4 is 0 Å². The summed E-state index contributed by atoms with van der Waals surface area (Å²) in [5, 5.41) is 9.38. The van der Waals surface area contributed by atoms with Gasteiger partial charge in [0, 0.05) is 25.2 Å². The molecule has 0 unspecified atom stereocenters. The van der Waals surface area contributed by atoms with Gasteiger partial charge in [0.2, 0.25) is 0 Å². The minimum absolute atomic E-state index is 0.167. The molecule has 6 heteroatoms. The molecule has 3 fully saturated rings. The van der Waals surface area contributed by atoms with Crippen molar-refractivity contribution in [3.8, 4) is 6.07 Å². The van der Waals surface area contributed by atoms with Gasteiger partial charge in [0.25, 0.3) is 0 Å². The minimum atomic E-state index is -0.464. The van der Waals surface area contributed by atoms with Crippen LogP contribution in [0.15, 0.2) is 0 Å². The highest BCUT2D eigenvalue weighted by molar-refractivity contribution is 5.69. The largest absolute Gasteiger partial charge is 0.444 e. The van der Waals surface area contributed by atoms with Gasteiger partial charge in [0.1, 0.15) is 5.60 Å². The summed E-state index contributed by atoms with van der Waals surface area (Å²) in [7, 11) is 0. The zero-order valence-electron chi connectivity index (χ0n) is 12.3. The fourth-order valence-corrected chi connectivity index (χ4v) is 3.33. The maximum atomic E-state index is 12.2. The van der Waals surface area contributed by atoms with Crippen molar-refractivity contribution >= 4 is 6.09 Å². The lowest BCUT2D eigenvalue weighted by Gasteiger charge is -2.47. The highest BCUT2D eigenvalue weighted by Crippen LogP contribution is 2.39. The van der Waals surface area contributed by atoms with Gasteiger partial charge in [-0.25, -0.2) is 4.79 Å². The number of amides is 1. The van der Waals surface area contributed by atoms with E-state index in [1.165, 1.54) is 0 Å². The predicted molar refractivity (Wildman–Crippen MR) is 71.0 cm³/mol. The van der Waals surface area contributed by atoms with Crippen molar-refractivity contribution in [3.63, 3.8) is 0 Å². The first-order chi connectivity index (χ1) is 9.35. The molecule has 2 atom stereocenters. The number of rotatable bonds is 1. The summed E-state index contributed by atoms with van der Waals surface area (Å²) in [6, 6.07) is 2.82. The zero-order chi connectivity index (χ0) is 14.5. The second-order valence-electron chi connectivity index (χ2n) is 6.96. The zero-order valence-corrected chi connectivity index (χ0v) is 12.3. The Balaban J connectivity index is 1.65. The van der Waals surface area contributed by atoms with Gasteiger partial charge in [0.05, 0.1) is 19.3 Å². The van der Waals surface area contributed by atoms with Crippen LogP contribution in [0.2, 0.25) is 0 Å². The molecule has 0 aromatic carbocycles. The Morgan fingerprint density at radius 2 is 2.05 bits per heavy atom. The van der Waals surface area contributed by atoms with Crippen LogP contribution >= 0.6 is 0 Å². The van der Waals surface area contributed by atoms with E-state index in [2.05, 4.69) is 11.0 Å². The number of piperazine rings is 1. The molecule has 110 valence electrons. The molecule has 1 amide bonds. The second-order valence-corrected chi connectivity index (χ2v) is 6.96. The lowest BCUT2D eigenvalue weighted by Crippen LogP contribution is -2.66. The van der Waals surface area contributed by atoms with Crippen molar-refractivity contribution in [2.45, 2.75) is 50.4 Å². The van der Waals surface area contributed by atoms with Gasteiger partial charge in [-0.3, -0.25) is 4.90 Å². The highest BCUT2D eigenvalue weighted by Gasteiger charge is 2.56. The number of ether oxygens (including phenoxy) is 2. The molecule has 3 rings (SSSR count). The van der Waals surface area contributed by atoms with Crippen molar-refractivity contribution in [2.75, 3.05) is 26.3 Å². The third-order valence-corrected chi connectivity index (χ3v) is 4.31. The Labute approximate surface area is 119 Å². The first-order valence-corrected chi connectivity index (χ1v) is 7.10. The van der Waals surface area contributed by atoms with Crippen LogP contribution in [-0.4, -0.2) is 65.4 Å². The number of nitrogens with zero attached hydrogens (tertiary/aromatic N) is 3. The summed E-state index contributed by atoms with van der Waals surface area (Å²) >= 11 is 0. The maximum Gasteiger partial charge on any atom is 0.410 e. The van der Waals surface area contributed by atoms with Crippen LogP contribution in [-0.2, 0) is 9.47 Å². The Bertz CT molecular complexity index is 461. The summed E-state index contributed by atoms with van der Waals surface area (Å²) in [6.07, 6.45) is 0.698. The monoisotopic (exact) mass is 279 g/mol. The van der Waals surface area contributed by atoms with E-state index in [9.17, 15) is 10.1 Å². The fourth-order valence-electron chi connectivity index (χ4n) is 3.33. The normalized spacial score (nSPS) is 31.8. The minimum Gasteiger partial charge on any atom is -0.444 e. The van der Waals surface area contributed by atoms with E-state index in [4.69, 9.17) is 9.47 Å². The molecule has 0 N–H and O–H groups in total. The highest BCUT2D eigenvalue weighted by atomic mass is 16.6. The van der Waals surface area contributed by atoms with Gasteiger partial charge < -0.3 is 14.4 Å². The molecule has 0 aromatic heterocycles. The maximum absolute atomic E-state index is 12.2. The van der Waals surface area contributed by atoms with Crippen LogP contribution in [0.5, 0.6) is 0 Å². The third kappa shape index (κ3) is 2.05. The van der Waals surface area contributed by atoms with Crippen LogP contribution in [0, 0.1) is 11.3 Å². The number of hydrogen-bond donors (Lipinski definition) is 0. The SMILES string of the molecule is CC(C)(C)OC(=O)N1C[C@@H]2C[C@H]1CN2C1(C#N)COC1. The molecule has 3 heterocycles. The quantitative estimate of drug-likeness (QED) is 0.715. The molecular formula is C14H21N3O3. The Kier molecular flexibility index (Phi) is 2.96. The number of carbonyl (C=O) groups is 1. The van der Waals surface area contributed by atoms with Crippen molar-refractivity contribution in [1.29, 1.82) is 5.26 Å². The van der Waals surface area contributed by atoms with Crippen molar-refractivity contribution in [2.24, 2.45) is 0 Å². The lowest BCUT2D eigenvalue weighted by atomic mass is 9.95. The summed E-state index contributed by atoms with van der Waals surface area (Å²) < 4.78 is 10.7. The van der Waals surface area contributed by atoms with Crippen LogP contribution in [0.25, 0.3) is 0 Å². The molecule has 0 spiro atoms. The van der Waals surface area contributed by atoms with Crippen LogP contribution in [0.3, 0.4) is 0 Å². The van der Waals surface area contributed by atoms with E-state index in [-0.39, 0.29) is 18.2 Å². The number of likely N-dealkylation sites (tertiary alicyclic amines) is 2. The standard InChI is InChI=1S/C14H21N3O3/c1-13(2,3)20-12(18)16-5-11-4-10(16)6-17(11)14(7-15)8-19-9-14/h10-11H,4-6,8-9H2,1-3H3/t10-,11-/m0/s1. The summed E-state index contributed by atoms with van der Waals surface area (Å²) in [4.78, 5) is 16.2. The molecule has 0 aromatic rings. The molecular weight excluding hydrogens is 258 g/mol. The smallest absolute Gasteiger partial charge is 0.410 e. The lowest BCUT2D eigenvalue weighted by molar-refractivity contribution is -0.121. The van der Waals surface area contributed by atoms with Crippen LogP contribution in [0.1, 0.15) is 27.2 Å². The molecule has 3 saturated heterocycles. The second kappa shape index (κ2) is 4.34. The number of nitriles is 1. The number of hydrogen-bond acceptors (Lipinski definition) is 5. The average Bonchev–Trinajstić information content (AvgIpc) is 2.85. The number of carbonyl (C=O) groups excluding carboxylic acids is 1. The van der Waals surface area contributed by atoms with Gasteiger partial charge in [-0.05, 0) is 27.2 Å². The summed E-state index contributed by atoms with van der Waals surface area (Å²) in [5.74, 6) is 0. The number of fused-ring (bicyclic) bond motifs is 2. The van der Waals surface area contributed by atoms with E-state index < -0.39 is 11.1 Å². The van der Waals surface area contributed by atoms with E-state index in [1.54, 1.807) is 0 Å². The Morgan fingerprint density at radius 3 is 2.45 bits per heavy atom. The van der Waals surface area contributed by atoms with Crippen molar-refractivity contribution in [3.05, 3.63) is 0 Å². The summed E-state index contributed by atoms with van der Waals surface area (Å²) in [6.45, 7) is 8.01. The van der Waals surface area contributed by atoms with Gasteiger partial charge >= 0.3 is 6.09 Å². The molecule has 3 aliphatic rings. The average molecular weight is 279 g/mol. The molecule has 6 nitrogen and oxygen atoms in total. The Morgan fingerprint density at radius 1 is 1.35 bits per heavy atom. The van der Waals surface area contributed by atoms with E-state index in [1.807, 2.05) is 25.7 Å². The topological polar surface area (TPSA) is 65.8 Å². The first kappa shape index (κ1) is 13.7. The van der Waals surface area contributed by atoms with Crippen LogP contribution in [0.4, 0.5) is 4.79 Å². The summed E-state index contributed by atoms with van der Waals surface area (Å²) in [5.41, 5.74) is -0.923. The van der Waals surface area contributed by atoms with Gasteiger partial charge in [-0.1, -0.05) is 0 Å². The molecule has 3 aliphatic heterocycles. The van der Waals surface area contributed by atoms with Crippen molar-refractivity contribution in [1.82, 2.24) is 9.80 Å². The molecule has 0 saturated carbocycles. The van der Waals surface area contributed by atoms with E-state index in [0.717, 1.165) is 13.0 Å².